The summed E-state index contributed by atoms with van der Waals surface area (Å²) in [6, 6.07) is 17.5. The molecule has 1 atom stereocenters. The van der Waals surface area contributed by atoms with Crippen molar-refractivity contribution < 1.29 is 9.63 Å². The van der Waals surface area contributed by atoms with Gasteiger partial charge in [-0.15, -0.1) is 0 Å². The second kappa shape index (κ2) is 4.59. The summed E-state index contributed by atoms with van der Waals surface area (Å²) in [6.07, 6.45) is 0.210. The monoisotopic (exact) mass is 293 g/mol. The first kappa shape index (κ1) is 12.9. The van der Waals surface area contributed by atoms with Crippen molar-refractivity contribution in [2.45, 2.75) is 19.1 Å². The first-order valence-electron chi connectivity index (χ1n) is 7.18. The SMILES string of the molecule is C[C@]12CC(=O)Nc3ccccc3N1C(c1ccccc1)=NO2. The molecule has 0 spiro atoms. The van der Waals surface area contributed by atoms with Gasteiger partial charge in [-0.1, -0.05) is 47.6 Å². The van der Waals surface area contributed by atoms with Crippen LogP contribution in [-0.4, -0.2) is 17.5 Å². The summed E-state index contributed by atoms with van der Waals surface area (Å²) in [5.74, 6) is 0.633. The summed E-state index contributed by atoms with van der Waals surface area (Å²) >= 11 is 0. The van der Waals surface area contributed by atoms with Gasteiger partial charge >= 0.3 is 0 Å². The number of carbonyl (C=O) groups excluding carboxylic acids is 1. The van der Waals surface area contributed by atoms with Gasteiger partial charge in [0.15, 0.2) is 5.84 Å². The van der Waals surface area contributed by atoms with Gasteiger partial charge in [0.1, 0.15) is 0 Å². The average Bonchev–Trinajstić information content (AvgIpc) is 2.80. The Morgan fingerprint density at radius 2 is 1.86 bits per heavy atom. The molecule has 0 aliphatic carbocycles. The smallest absolute Gasteiger partial charge is 0.230 e. The lowest BCUT2D eigenvalue weighted by atomic mass is 10.1. The Balaban J connectivity index is 1.89. The summed E-state index contributed by atoms with van der Waals surface area (Å²) in [5, 5.41) is 7.19. The molecule has 2 aromatic carbocycles. The molecule has 1 N–H and O–H groups in total. The van der Waals surface area contributed by atoms with Crippen molar-refractivity contribution in [1.29, 1.82) is 0 Å². The number of rotatable bonds is 1. The zero-order chi connectivity index (χ0) is 15.2. The van der Waals surface area contributed by atoms with Crippen LogP contribution in [0.25, 0.3) is 0 Å². The number of benzene rings is 2. The van der Waals surface area contributed by atoms with Gasteiger partial charge in [-0.05, 0) is 19.1 Å². The van der Waals surface area contributed by atoms with E-state index in [1.165, 1.54) is 0 Å². The van der Waals surface area contributed by atoms with Crippen LogP contribution in [0.15, 0.2) is 59.8 Å². The number of oxime groups is 1. The number of nitrogens with zero attached hydrogens (tertiary/aromatic N) is 2. The van der Waals surface area contributed by atoms with Crippen molar-refractivity contribution in [3.05, 3.63) is 60.2 Å². The molecule has 2 aliphatic heterocycles. The van der Waals surface area contributed by atoms with Crippen LogP contribution in [0.1, 0.15) is 18.9 Å². The van der Waals surface area contributed by atoms with E-state index in [2.05, 4.69) is 10.5 Å². The zero-order valence-corrected chi connectivity index (χ0v) is 12.1. The number of nitrogens with one attached hydrogen (secondary N) is 1. The molecular weight excluding hydrogens is 278 g/mol. The Labute approximate surface area is 128 Å². The van der Waals surface area contributed by atoms with Crippen molar-refractivity contribution in [3.8, 4) is 0 Å². The second-order valence-corrected chi connectivity index (χ2v) is 5.62. The topological polar surface area (TPSA) is 53.9 Å². The van der Waals surface area contributed by atoms with Crippen molar-refractivity contribution >= 4 is 23.1 Å². The summed E-state index contributed by atoms with van der Waals surface area (Å²) in [6.45, 7) is 1.88. The highest BCUT2D eigenvalue weighted by Gasteiger charge is 2.47. The van der Waals surface area contributed by atoms with Gasteiger partial charge < -0.3 is 10.2 Å². The molecule has 0 bridgehead atoms. The quantitative estimate of drug-likeness (QED) is 0.879. The van der Waals surface area contributed by atoms with Crippen molar-refractivity contribution in [2.75, 3.05) is 10.2 Å². The van der Waals surface area contributed by atoms with Crippen molar-refractivity contribution in [3.63, 3.8) is 0 Å². The molecular formula is C17H15N3O2. The lowest BCUT2D eigenvalue weighted by molar-refractivity contribution is -0.121. The second-order valence-electron chi connectivity index (χ2n) is 5.62. The third-order valence-corrected chi connectivity index (χ3v) is 3.95. The van der Waals surface area contributed by atoms with Crippen LogP contribution in [0.5, 0.6) is 0 Å². The Bertz CT molecular complexity index is 772. The predicted octanol–water partition coefficient (Wildman–Crippen LogP) is 2.94. The summed E-state index contributed by atoms with van der Waals surface area (Å²) < 4.78 is 0. The lowest BCUT2D eigenvalue weighted by Gasteiger charge is -2.32. The van der Waals surface area contributed by atoms with Crippen LogP contribution in [0, 0.1) is 0 Å². The predicted molar refractivity (Wildman–Crippen MR) is 84.6 cm³/mol. The lowest BCUT2D eigenvalue weighted by Crippen LogP contribution is -2.47. The molecule has 0 fully saturated rings. The van der Waals surface area contributed by atoms with Gasteiger partial charge in [-0.2, -0.15) is 0 Å². The van der Waals surface area contributed by atoms with E-state index in [-0.39, 0.29) is 12.3 Å². The highest BCUT2D eigenvalue weighted by atomic mass is 16.7. The number of carbonyl (C=O) groups is 1. The number of hydrogen-bond acceptors (Lipinski definition) is 4. The summed E-state index contributed by atoms with van der Waals surface area (Å²) in [5.41, 5.74) is 1.79. The molecule has 110 valence electrons. The summed E-state index contributed by atoms with van der Waals surface area (Å²) in [4.78, 5) is 19.8. The first-order chi connectivity index (χ1) is 10.7. The Morgan fingerprint density at radius 3 is 2.68 bits per heavy atom. The van der Waals surface area contributed by atoms with E-state index < -0.39 is 5.72 Å². The molecule has 2 aromatic rings. The highest BCUT2D eigenvalue weighted by molar-refractivity contribution is 6.15. The van der Waals surface area contributed by atoms with Gasteiger partial charge in [0.05, 0.1) is 17.8 Å². The van der Waals surface area contributed by atoms with Crippen LogP contribution in [0.3, 0.4) is 0 Å². The minimum absolute atomic E-state index is 0.0815. The number of amides is 1. The molecule has 2 aliphatic rings. The molecule has 5 heteroatoms. The maximum absolute atomic E-state index is 12.2. The number of hydrogen-bond donors (Lipinski definition) is 1. The molecule has 0 aromatic heterocycles. The van der Waals surface area contributed by atoms with E-state index in [0.717, 1.165) is 16.9 Å². The largest absolute Gasteiger partial charge is 0.364 e. The van der Waals surface area contributed by atoms with Crippen LogP contribution in [0.2, 0.25) is 0 Å². The summed E-state index contributed by atoms with van der Waals surface area (Å²) in [7, 11) is 0. The fraction of sp³-hybridized carbons (Fsp3) is 0.176. The van der Waals surface area contributed by atoms with Gasteiger partial charge in [0.25, 0.3) is 0 Å². The minimum Gasteiger partial charge on any atom is -0.364 e. The van der Waals surface area contributed by atoms with E-state index in [1.807, 2.05) is 66.4 Å². The molecule has 0 unspecified atom stereocenters. The first-order valence-corrected chi connectivity index (χ1v) is 7.18. The maximum Gasteiger partial charge on any atom is 0.230 e. The van der Waals surface area contributed by atoms with Crippen LogP contribution in [0.4, 0.5) is 11.4 Å². The average molecular weight is 293 g/mol. The fourth-order valence-corrected chi connectivity index (χ4v) is 2.96. The molecule has 1 amide bonds. The number of anilines is 2. The van der Waals surface area contributed by atoms with E-state index >= 15 is 0 Å². The van der Waals surface area contributed by atoms with Crippen molar-refractivity contribution in [2.24, 2.45) is 5.16 Å². The standard InChI is InChI=1S/C17H15N3O2/c1-17-11-15(21)18-13-9-5-6-10-14(13)20(17)16(19-22-17)12-7-3-2-4-8-12/h2-10H,11H2,1H3,(H,18,21)/t17-/m0/s1. The van der Waals surface area contributed by atoms with Gasteiger partial charge in [0, 0.05) is 5.56 Å². The Kier molecular flexibility index (Phi) is 2.69. The van der Waals surface area contributed by atoms with Crippen LogP contribution >= 0.6 is 0 Å². The zero-order valence-electron chi connectivity index (χ0n) is 12.1. The fourth-order valence-electron chi connectivity index (χ4n) is 2.96. The Hall–Kier alpha value is -2.82. The molecule has 0 radical (unpaired) electrons. The molecule has 0 saturated carbocycles. The highest BCUT2D eigenvalue weighted by Crippen LogP contribution is 2.41. The maximum atomic E-state index is 12.2. The molecule has 0 saturated heterocycles. The third-order valence-electron chi connectivity index (χ3n) is 3.95. The van der Waals surface area contributed by atoms with Crippen molar-refractivity contribution in [1.82, 2.24) is 0 Å². The van der Waals surface area contributed by atoms with E-state index in [1.54, 1.807) is 0 Å². The van der Waals surface area contributed by atoms with Gasteiger partial charge in [-0.25, -0.2) is 0 Å². The number of amidine groups is 1. The van der Waals surface area contributed by atoms with Gasteiger partial charge in [-0.3, -0.25) is 9.69 Å². The Morgan fingerprint density at radius 1 is 1.14 bits per heavy atom. The van der Waals surface area contributed by atoms with E-state index in [9.17, 15) is 4.79 Å². The van der Waals surface area contributed by atoms with E-state index in [4.69, 9.17) is 4.84 Å². The number of fused-ring (bicyclic) bond motifs is 3. The van der Waals surface area contributed by atoms with Crippen LogP contribution < -0.4 is 10.2 Å². The van der Waals surface area contributed by atoms with E-state index in [0.29, 0.717) is 5.84 Å². The van der Waals surface area contributed by atoms with Gasteiger partial charge in [0.2, 0.25) is 11.6 Å². The minimum atomic E-state index is -0.818. The van der Waals surface area contributed by atoms with Crippen LogP contribution in [-0.2, 0) is 9.63 Å². The molecule has 5 nitrogen and oxygen atoms in total. The number of para-hydroxylation sites is 2. The molecule has 22 heavy (non-hydrogen) atoms. The normalized spacial score (nSPS) is 22.9. The third kappa shape index (κ3) is 1.86. The molecule has 4 rings (SSSR count). The molecule has 2 heterocycles.